The van der Waals surface area contributed by atoms with E-state index in [9.17, 15) is 0 Å². The Kier molecular flexibility index (Phi) is 3.68. The fourth-order valence-corrected chi connectivity index (χ4v) is 3.07. The Hall–Kier alpha value is -0.0800. The fraction of sp³-hybridized carbons (Fsp3) is 1.00. The van der Waals surface area contributed by atoms with E-state index in [-0.39, 0.29) is 0 Å². The molecule has 2 aliphatic rings. The second-order valence-electron chi connectivity index (χ2n) is 5.88. The van der Waals surface area contributed by atoms with Gasteiger partial charge in [-0.2, -0.15) is 0 Å². The minimum absolute atomic E-state index is 0.580. The lowest BCUT2D eigenvalue weighted by Gasteiger charge is -2.42. The van der Waals surface area contributed by atoms with Gasteiger partial charge in [0.2, 0.25) is 0 Å². The fourth-order valence-electron chi connectivity index (χ4n) is 3.07. The zero-order valence-electron chi connectivity index (χ0n) is 10.4. The topological polar surface area (TPSA) is 15.3 Å². The van der Waals surface area contributed by atoms with Crippen molar-refractivity contribution in [3.05, 3.63) is 0 Å². The van der Waals surface area contributed by atoms with Gasteiger partial charge >= 0.3 is 0 Å². The Morgan fingerprint density at radius 3 is 2.67 bits per heavy atom. The summed E-state index contributed by atoms with van der Waals surface area (Å²) in [6.07, 6.45) is 6.98. The summed E-state index contributed by atoms with van der Waals surface area (Å²) in [5.74, 6) is 0. The molecule has 1 N–H and O–H groups in total. The second kappa shape index (κ2) is 4.84. The summed E-state index contributed by atoms with van der Waals surface area (Å²) < 4.78 is 0. The summed E-state index contributed by atoms with van der Waals surface area (Å²) >= 11 is 0. The molecule has 1 unspecified atom stereocenters. The summed E-state index contributed by atoms with van der Waals surface area (Å²) in [6, 6.07) is 0.825. The lowest BCUT2D eigenvalue weighted by molar-refractivity contribution is 0.0775. The van der Waals surface area contributed by atoms with Crippen LogP contribution in [0.2, 0.25) is 0 Å². The normalized spacial score (nSPS) is 32.8. The summed E-state index contributed by atoms with van der Waals surface area (Å²) in [5, 5.41) is 3.47. The predicted molar refractivity (Wildman–Crippen MR) is 65.1 cm³/mol. The van der Waals surface area contributed by atoms with Gasteiger partial charge in [-0.1, -0.05) is 13.3 Å². The summed E-state index contributed by atoms with van der Waals surface area (Å²) in [5.41, 5.74) is 0.580. The molecule has 2 heterocycles. The molecule has 0 aromatic heterocycles. The van der Waals surface area contributed by atoms with Crippen LogP contribution < -0.4 is 5.32 Å². The Morgan fingerprint density at radius 2 is 2.00 bits per heavy atom. The first-order chi connectivity index (χ1) is 7.20. The molecule has 15 heavy (non-hydrogen) atoms. The molecule has 2 rings (SSSR count). The van der Waals surface area contributed by atoms with Crippen LogP contribution in [-0.4, -0.2) is 37.1 Å². The summed E-state index contributed by atoms with van der Waals surface area (Å²) in [4.78, 5) is 2.73. The number of nitrogens with zero attached hydrogens (tertiary/aromatic N) is 1. The molecule has 2 fully saturated rings. The van der Waals surface area contributed by atoms with Gasteiger partial charge in [-0.05, 0) is 57.7 Å². The molecule has 0 amide bonds. The first-order valence-corrected chi connectivity index (χ1v) is 6.64. The van der Waals surface area contributed by atoms with E-state index in [0.717, 1.165) is 6.04 Å². The first-order valence-electron chi connectivity index (χ1n) is 6.64. The Bertz CT molecular complexity index is 197. The van der Waals surface area contributed by atoms with E-state index in [1.54, 1.807) is 0 Å². The third-order valence-electron chi connectivity index (χ3n) is 4.34. The minimum atomic E-state index is 0.580. The predicted octanol–water partition coefficient (Wildman–Crippen LogP) is 2.25. The van der Waals surface area contributed by atoms with Crippen LogP contribution in [0.25, 0.3) is 0 Å². The number of hydrogen-bond acceptors (Lipinski definition) is 2. The molecule has 0 saturated carbocycles. The molecule has 0 bridgehead atoms. The Labute approximate surface area is 94.4 Å². The van der Waals surface area contributed by atoms with Crippen LogP contribution in [0.15, 0.2) is 0 Å². The number of piperidine rings is 2. The first kappa shape index (κ1) is 11.4. The van der Waals surface area contributed by atoms with E-state index >= 15 is 0 Å². The molecule has 0 aromatic rings. The largest absolute Gasteiger partial charge is 0.317 e. The maximum Gasteiger partial charge on any atom is 0.00671 e. The van der Waals surface area contributed by atoms with Crippen LogP contribution in [0.3, 0.4) is 0 Å². The van der Waals surface area contributed by atoms with Crippen molar-refractivity contribution in [3.8, 4) is 0 Å². The highest BCUT2D eigenvalue weighted by Crippen LogP contribution is 2.31. The SMILES string of the molecule is CC1CCCCN1CC1(C)CCNCC1. The van der Waals surface area contributed by atoms with Gasteiger partial charge in [0.1, 0.15) is 0 Å². The monoisotopic (exact) mass is 210 g/mol. The van der Waals surface area contributed by atoms with E-state index in [0.29, 0.717) is 5.41 Å². The van der Waals surface area contributed by atoms with Crippen molar-refractivity contribution in [2.45, 2.75) is 52.0 Å². The molecule has 2 nitrogen and oxygen atoms in total. The highest BCUT2D eigenvalue weighted by Gasteiger charge is 2.31. The van der Waals surface area contributed by atoms with Crippen LogP contribution in [0.1, 0.15) is 46.0 Å². The van der Waals surface area contributed by atoms with Gasteiger partial charge in [0, 0.05) is 12.6 Å². The summed E-state index contributed by atoms with van der Waals surface area (Å²) in [6.45, 7) is 10.00. The molecule has 2 saturated heterocycles. The number of hydrogen-bond donors (Lipinski definition) is 1. The third-order valence-corrected chi connectivity index (χ3v) is 4.34. The third kappa shape index (κ3) is 2.94. The van der Waals surface area contributed by atoms with Crippen LogP contribution in [-0.2, 0) is 0 Å². The summed E-state index contributed by atoms with van der Waals surface area (Å²) in [7, 11) is 0. The van der Waals surface area contributed by atoms with Gasteiger partial charge in [0.05, 0.1) is 0 Å². The maximum atomic E-state index is 3.47. The van der Waals surface area contributed by atoms with Crippen LogP contribution in [0.4, 0.5) is 0 Å². The molecular formula is C13H26N2. The van der Waals surface area contributed by atoms with Crippen LogP contribution in [0, 0.1) is 5.41 Å². The lowest BCUT2D eigenvalue weighted by Crippen LogP contribution is -2.47. The smallest absolute Gasteiger partial charge is 0.00671 e. The molecule has 1 atom stereocenters. The average Bonchev–Trinajstić information content (AvgIpc) is 2.22. The number of rotatable bonds is 2. The van der Waals surface area contributed by atoms with Gasteiger partial charge < -0.3 is 10.2 Å². The van der Waals surface area contributed by atoms with Crippen LogP contribution in [0.5, 0.6) is 0 Å². The standard InChI is InChI=1S/C13H26N2/c1-12-5-3-4-10-15(12)11-13(2)6-8-14-9-7-13/h12,14H,3-11H2,1-2H3. The molecule has 0 aromatic carbocycles. The highest BCUT2D eigenvalue weighted by atomic mass is 15.2. The highest BCUT2D eigenvalue weighted by molar-refractivity contribution is 4.86. The number of likely N-dealkylation sites (tertiary alicyclic amines) is 1. The average molecular weight is 210 g/mol. The van der Waals surface area contributed by atoms with Crippen LogP contribution >= 0.6 is 0 Å². The molecule has 0 aliphatic carbocycles. The Balaban J connectivity index is 1.88. The van der Waals surface area contributed by atoms with E-state index < -0.39 is 0 Å². The van der Waals surface area contributed by atoms with Gasteiger partial charge in [-0.3, -0.25) is 0 Å². The van der Waals surface area contributed by atoms with Crippen molar-refractivity contribution in [3.63, 3.8) is 0 Å². The molecular weight excluding hydrogens is 184 g/mol. The zero-order valence-corrected chi connectivity index (χ0v) is 10.4. The molecule has 2 heteroatoms. The van der Waals surface area contributed by atoms with E-state index in [1.165, 1.54) is 58.3 Å². The molecule has 2 aliphatic heterocycles. The molecule has 88 valence electrons. The van der Waals surface area contributed by atoms with Crippen molar-refractivity contribution in [2.75, 3.05) is 26.2 Å². The van der Waals surface area contributed by atoms with Crippen molar-refractivity contribution in [2.24, 2.45) is 5.41 Å². The van der Waals surface area contributed by atoms with E-state index in [2.05, 4.69) is 24.1 Å². The van der Waals surface area contributed by atoms with E-state index in [1.807, 2.05) is 0 Å². The van der Waals surface area contributed by atoms with Crippen molar-refractivity contribution in [1.29, 1.82) is 0 Å². The quantitative estimate of drug-likeness (QED) is 0.752. The van der Waals surface area contributed by atoms with Crippen molar-refractivity contribution < 1.29 is 0 Å². The van der Waals surface area contributed by atoms with Crippen molar-refractivity contribution in [1.82, 2.24) is 10.2 Å². The maximum absolute atomic E-state index is 3.47. The number of nitrogens with one attached hydrogen (secondary N) is 1. The second-order valence-corrected chi connectivity index (χ2v) is 5.88. The molecule has 0 radical (unpaired) electrons. The van der Waals surface area contributed by atoms with Gasteiger partial charge in [0.25, 0.3) is 0 Å². The van der Waals surface area contributed by atoms with Gasteiger partial charge in [-0.25, -0.2) is 0 Å². The Morgan fingerprint density at radius 1 is 1.27 bits per heavy atom. The zero-order chi connectivity index (χ0) is 10.7. The lowest BCUT2D eigenvalue weighted by atomic mass is 9.80. The minimum Gasteiger partial charge on any atom is -0.317 e. The molecule has 0 spiro atoms. The van der Waals surface area contributed by atoms with Crippen molar-refractivity contribution >= 4 is 0 Å². The van der Waals surface area contributed by atoms with Gasteiger partial charge in [0.15, 0.2) is 0 Å². The van der Waals surface area contributed by atoms with E-state index in [4.69, 9.17) is 0 Å². The van der Waals surface area contributed by atoms with Gasteiger partial charge in [-0.15, -0.1) is 0 Å².